The Morgan fingerprint density at radius 3 is 3.27 bits per heavy atom. The van der Waals surface area contributed by atoms with E-state index in [1.165, 1.54) is 0 Å². The number of amidine groups is 1. The molecule has 15 heavy (non-hydrogen) atoms. The SMILES string of the molecule is CCOC(=O)C1CN2N=C(I)C=CC2=N1. The monoisotopic (exact) mass is 319 g/mol. The van der Waals surface area contributed by atoms with Crippen molar-refractivity contribution in [2.24, 2.45) is 10.1 Å². The molecule has 0 bridgehead atoms. The Kier molecular flexibility index (Phi) is 3.03. The van der Waals surface area contributed by atoms with Gasteiger partial charge in [-0.2, -0.15) is 5.10 Å². The Labute approximate surface area is 101 Å². The van der Waals surface area contributed by atoms with Crippen molar-refractivity contribution in [2.75, 3.05) is 13.2 Å². The highest BCUT2D eigenvalue weighted by molar-refractivity contribution is 14.1. The molecule has 0 radical (unpaired) electrons. The summed E-state index contributed by atoms with van der Waals surface area (Å²) in [6.45, 7) is 2.65. The molecule has 0 fully saturated rings. The number of hydrogen-bond donors (Lipinski definition) is 0. The molecule has 1 atom stereocenters. The van der Waals surface area contributed by atoms with Gasteiger partial charge in [0, 0.05) is 0 Å². The van der Waals surface area contributed by atoms with Gasteiger partial charge < -0.3 is 4.74 Å². The maximum Gasteiger partial charge on any atom is 0.332 e. The molecule has 0 aromatic rings. The fourth-order valence-corrected chi connectivity index (χ4v) is 1.84. The van der Waals surface area contributed by atoms with E-state index in [0.29, 0.717) is 13.2 Å². The molecule has 1 unspecified atom stereocenters. The molecular weight excluding hydrogens is 309 g/mol. The molecule has 0 amide bonds. The van der Waals surface area contributed by atoms with Crippen molar-refractivity contribution in [3.63, 3.8) is 0 Å². The molecule has 0 spiro atoms. The van der Waals surface area contributed by atoms with Gasteiger partial charge in [0.15, 0.2) is 6.04 Å². The van der Waals surface area contributed by atoms with E-state index < -0.39 is 6.04 Å². The summed E-state index contributed by atoms with van der Waals surface area (Å²) >= 11 is 2.12. The van der Waals surface area contributed by atoms with Crippen LogP contribution < -0.4 is 0 Å². The largest absolute Gasteiger partial charge is 0.464 e. The molecule has 0 aliphatic carbocycles. The topological polar surface area (TPSA) is 54.3 Å². The number of nitrogens with zero attached hydrogens (tertiary/aromatic N) is 3. The molecular formula is C9H10IN3O2. The van der Waals surface area contributed by atoms with Crippen molar-refractivity contribution in [3.05, 3.63) is 12.2 Å². The van der Waals surface area contributed by atoms with Crippen LogP contribution in [0.4, 0.5) is 0 Å². The number of aliphatic imine (C=N–C) groups is 1. The molecule has 6 heteroatoms. The third-order valence-corrected chi connectivity index (χ3v) is 2.62. The van der Waals surface area contributed by atoms with Gasteiger partial charge in [0.1, 0.15) is 9.55 Å². The normalized spacial score (nSPS) is 23.3. The van der Waals surface area contributed by atoms with Crippen molar-refractivity contribution in [1.29, 1.82) is 0 Å². The van der Waals surface area contributed by atoms with E-state index in [2.05, 4.69) is 32.7 Å². The highest BCUT2D eigenvalue weighted by atomic mass is 127. The second kappa shape index (κ2) is 4.30. The van der Waals surface area contributed by atoms with Crippen LogP contribution in [-0.2, 0) is 9.53 Å². The first-order chi connectivity index (χ1) is 7.20. The minimum atomic E-state index is -0.435. The van der Waals surface area contributed by atoms with Crippen molar-refractivity contribution < 1.29 is 9.53 Å². The first-order valence-electron chi connectivity index (χ1n) is 4.65. The maximum absolute atomic E-state index is 11.4. The van der Waals surface area contributed by atoms with E-state index in [0.717, 1.165) is 9.55 Å². The van der Waals surface area contributed by atoms with Gasteiger partial charge in [0.05, 0.1) is 13.2 Å². The summed E-state index contributed by atoms with van der Waals surface area (Å²) in [5.74, 6) is 0.450. The molecule has 0 saturated carbocycles. The number of halogens is 1. The summed E-state index contributed by atoms with van der Waals surface area (Å²) in [5, 5.41) is 5.97. The van der Waals surface area contributed by atoms with Gasteiger partial charge in [-0.3, -0.25) is 0 Å². The van der Waals surface area contributed by atoms with Crippen LogP contribution in [0.1, 0.15) is 6.92 Å². The fourth-order valence-electron chi connectivity index (χ4n) is 1.40. The Morgan fingerprint density at radius 1 is 1.73 bits per heavy atom. The molecule has 2 aliphatic heterocycles. The lowest BCUT2D eigenvalue weighted by Gasteiger charge is -2.15. The molecule has 2 rings (SSSR count). The lowest BCUT2D eigenvalue weighted by Crippen LogP contribution is -2.29. The molecule has 0 saturated heterocycles. The summed E-state index contributed by atoms with van der Waals surface area (Å²) < 4.78 is 5.80. The highest BCUT2D eigenvalue weighted by Gasteiger charge is 2.31. The molecule has 80 valence electrons. The highest BCUT2D eigenvalue weighted by Crippen LogP contribution is 2.16. The minimum Gasteiger partial charge on any atom is -0.464 e. The Balaban J connectivity index is 2.09. The molecule has 0 aromatic carbocycles. The van der Waals surface area contributed by atoms with Crippen LogP contribution in [0.15, 0.2) is 22.2 Å². The van der Waals surface area contributed by atoms with Gasteiger partial charge >= 0.3 is 5.97 Å². The van der Waals surface area contributed by atoms with Gasteiger partial charge in [-0.15, -0.1) is 0 Å². The average Bonchev–Trinajstić information content (AvgIpc) is 2.60. The van der Waals surface area contributed by atoms with Crippen molar-refractivity contribution in [3.8, 4) is 0 Å². The Hall–Kier alpha value is -0.920. The standard InChI is InChI=1S/C9H10IN3O2/c1-2-15-9(14)6-5-13-8(11-6)4-3-7(10)12-13/h3-4,6H,2,5H2,1H3. The first-order valence-corrected chi connectivity index (χ1v) is 5.72. The summed E-state index contributed by atoms with van der Waals surface area (Å²) in [7, 11) is 0. The Bertz CT molecular complexity index is 376. The van der Waals surface area contributed by atoms with E-state index in [1.54, 1.807) is 11.9 Å². The number of hydrazone groups is 1. The smallest absolute Gasteiger partial charge is 0.332 e. The predicted molar refractivity (Wildman–Crippen MR) is 65.2 cm³/mol. The second-order valence-electron chi connectivity index (χ2n) is 3.09. The van der Waals surface area contributed by atoms with Crippen LogP contribution in [0.5, 0.6) is 0 Å². The molecule has 2 aliphatic rings. The van der Waals surface area contributed by atoms with Gasteiger partial charge in [0.25, 0.3) is 0 Å². The summed E-state index contributed by atoms with van der Waals surface area (Å²) in [4.78, 5) is 15.7. The lowest BCUT2D eigenvalue weighted by molar-refractivity contribution is -0.144. The molecule has 0 aromatic heterocycles. The van der Waals surface area contributed by atoms with Crippen LogP contribution in [0.25, 0.3) is 0 Å². The average molecular weight is 319 g/mol. The zero-order chi connectivity index (χ0) is 10.8. The summed E-state index contributed by atoms with van der Waals surface area (Å²) in [6, 6.07) is -0.435. The van der Waals surface area contributed by atoms with Crippen LogP contribution >= 0.6 is 22.6 Å². The summed E-state index contributed by atoms with van der Waals surface area (Å²) in [5.41, 5.74) is 0. The zero-order valence-electron chi connectivity index (χ0n) is 8.18. The van der Waals surface area contributed by atoms with E-state index >= 15 is 0 Å². The molecule has 2 heterocycles. The number of hydrogen-bond acceptors (Lipinski definition) is 5. The second-order valence-corrected chi connectivity index (χ2v) is 4.20. The maximum atomic E-state index is 11.4. The first kappa shape index (κ1) is 10.6. The van der Waals surface area contributed by atoms with E-state index in [4.69, 9.17) is 4.74 Å². The lowest BCUT2D eigenvalue weighted by atomic mass is 10.3. The van der Waals surface area contributed by atoms with E-state index in [-0.39, 0.29) is 5.97 Å². The number of fused-ring (bicyclic) bond motifs is 1. The zero-order valence-corrected chi connectivity index (χ0v) is 10.3. The predicted octanol–water partition coefficient (Wildman–Crippen LogP) is 0.951. The molecule has 0 N–H and O–H groups in total. The van der Waals surface area contributed by atoms with Crippen molar-refractivity contribution in [2.45, 2.75) is 13.0 Å². The van der Waals surface area contributed by atoms with E-state index in [9.17, 15) is 4.79 Å². The third-order valence-electron chi connectivity index (χ3n) is 2.04. The summed E-state index contributed by atoms with van der Waals surface area (Å²) in [6.07, 6.45) is 3.72. The van der Waals surface area contributed by atoms with Gasteiger partial charge in [-0.05, 0) is 41.7 Å². The van der Waals surface area contributed by atoms with E-state index in [1.807, 2.05) is 12.2 Å². The van der Waals surface area contributed by atoms with Gasteiger partial charge in [-0.25, -0.2) is 14.8 Å². The molecule has 5 nitrogen and oxygen atoms in total. The number of carbonyl (C=O) groups excluding carboxylic acids is 1. The Morgan fingerprint density at radius 2 is 2.53 bits per heavy atom. The minimum absolute atomic E-state index is 0.280. The number of rotatable bonds is 2. The number of allylic oxidation sites excluding steroid dienone is 1. The number of esters is 1. The fraction of sp³-hybridized carbons (Fsp3) is 0.444. The van der Waals surface area contributed by atoms with Crippen LogP contribution in [0, 0.1) is 0 Å². The van der Waals surface area contributed by atoms with Crippen molar-refractivity contribution >= 4 is 38.1 Å². The number of ether oxygens (including phenoxy) is 1. The van der Waals surface area contributed by atoms with Gasteiger partial charge in [0.2, 0.25) is 0 Å². The van der Waals surface area contributed by atoms with Crippen LogP contribution in [0.2, 0.25) is 0 Å². The van der Waals surface area contributed by atoms with Crippen molar-refractivity contribution in [1.82, 2.24) is 5.01 Å². The quantitative estimate of drug-likeness (QED) is 0.562. The number of carbonyl (C=O) groups is 1. The third kappa shape index (κ3) is 2.19. The van der Waals surface area contributed by atoms with Gasteiger partial charge in [-0.1, -0.05) is 0 Å². The van der Waals surface area contributed by atoms with Crippen LogP contribution in [-0.4, -0.2) is 39.7 Å². The van der Waals surface area contributed by atoms with Crippen LogP contribution in [0.3, 0.4) is 0 Å².